The maximum absolute atomic E-state index is 9.67. The second kappa shape index (κ2) is 2.78. The molecule has 2 heteroatoms. The molecule has 1 aromatic rings. The van der Waals surface area contributed by atoms with Crippen molar-refractivity contribution in [1.29, 1.82) is 0 Å². The van der Waals surface area contributed by atoms with Gasteiger partial charge in [-0.25, -0.2) is 0 Å². The second-order valence-electron chi connectivity index (χ2n) is 3.36. The van der Waals surface area contributed by atoms with Crippen LogP contribution in [0.5, 0.6) is 5.75 Å². The average Bonchev–Trinajstić information content (AvgIpc) is 2.85. The van der Waals surface area contributed by atoms with E-state index in [1.54, 1.807) is 12.1 Å². The first kappa shape index (κ1) is 8.65. The molecule has 0 bridgehead atoms. The highest BCUT2D eigenvalue weighted by molar-refractivity contribution is 9.10. The number of phenolic OH excluding ortho intramolecular Hbond substituents is 1. The van der Waals surface area contributed by atoms with E-state index in [-0.39, 0.29) is 5.41 Å². The zero-order chi connectivity index (χ0) is 9.47. The van der Waals surface area contributed by atoms with Crippen LogP contribution in [0.1, 0.15) is 18.4 Å². The van der Waals surface area contributed by atoms with Crippen LogP contribution in [0.3, 0.4) is 0 Å². The van der Waals surface area contributed by atoms with E-state index < -0.39 is 0 Å². The van der Waals surface area contributed by atoms with Gasteiger partial charge in [0.05, 0.1) is 5.41 Å². The largest absolute Gasteiger partial charge is 0.508 e. The normalized spacial score (nSPS) is 17.8. The lowest BCUT2D eigenvalue weighted by Gasteiger charge is -2.12. The number of halogens is 1. The molecule has 13 heavy (non-hydrogen) atoms. The SMILES string of the molecule is C#CC1(c2c(O)cccc2Br)CC1. The Morgan fingerprint density at radius 3 is 2.62 bits per heavy atom. The number of hydrogen-bond donors (Lipinski definition) is 1. The number of aromatic hydroxyl groups is 1. The molecule has 1 aliphatic carbocycles. The van der Waals surface area contributed by atoms with Crippen LogP contribution in [0.4, 0.5) is 0 Å². The lowest BCUT2D eigenvalue weighted by atomic mass is 9.96. The lowest BCUT2D eigenvalue weighted by Crippen LogP contribution is -2.03. The molecular formula is C11H9BrO. The molecule has 0 heterocycles. The predicted molar refractivity (Wildman–Crippen MR) is 55.6 cm³/mol. The Bertz CT molecular complexity index is 365. The molecule has 0 saturated heterocycles. The molecule has 66 valence electrons. The van der Waals surface area contributed by atoms with E-state index in [0.717, 1.165) is 22.9 Å². The van der Waals surface area contributed by atoms with Crippen LogP contribution in [0.25, 0.3) is 0 Å². The van der Waals surface area contributed by atoms with E-state index in [1.165, 1.54) is 0 Å². The number of phenols is 1. The third kappa shape index (κ3) is 1.24. The number of terminal acetylenes is 1. The van der Waals surface area contributed by atoms with Crippen LogP contribution in [-0.2, 0) is 5.41 Å². The highest BCUT2D eigenvalue weighted by Crippen LogP contribution is 2.52. The molecule has 1 fully saturated rings. The Hall–Kier alpha value is -0.940. The van der Waals surface area contributed by atoms with Crippen LogP contribution in [0.15, 0.2) is 22.7 Å². The summed E-state index contributed by atoms with van der Waals surface area (Å²) in [4.78, 5) is 0. The Morgan fingerprint density at radius 2 is 2.15 bits per heavy atom. The maximum atomic E-state index is 9.67. The van der Waals surface area contributed by atoms with Gasteiger partial charge in [-0.3, -0.25) is 0 Å². The van der Waals surface area contributed by atoms with Gasteiger partial charge < -0.3 is 5.11 Å². The Balaban J connectivity index is 2.58. The summed E-state index contributed by atoms with van der Waals surface area (Å²) < 4.78 is 0.906. The predicted octanol–water partition coefficient (Wildman–Crippen LogP) is 2.82. The van der Waals surface area contributed by atoms with Crippen molar-refractivity contribution in [2.24, 2.45) is 0 Å². The number of benzene rings is 1. The Kier molecular flexibility index (Phi) is 1.85. The van der Waals surface area contributed by atoms with Crippen LogP contribution >= 0.6 is 15.9 Å². The minimum atomic E-state index is -0.204. The highest BCUT2D eigenvalue weighted by atomic mass is 79.9. The van der Waals surface area contributed by atoms with Gasteiger partial charge in [0.15, 0.2) is 0 Å². The van der Waals surface area contributed by atoms with Crippen molar-refractivity contribution in [1.82, 2.24) is 0 Å². The summed E-state index contributed by atoms with van der Waals surface area (Å²) in [6, 6.07) is 5.39. The van der Waals surface area contributed by atoms with Crippen molar-refractivity contribution in [2.45, 2.75) is 18.3 Å². The van der Waals surface area contributed by atoms with Gasteiger partial charge in [-0.05, 0) is 25.0 Å². The fourth-order valence-electron chi connectivity index (χ4n) is 1.58. The number of hydrogen-bond acceptors (Lipinski definition) is 1. The first-order valence-electron chi connectivity index (χ1n) is 4.15. The molecule has 0 radical (unpaired) electrons. The second-order valence-corrected chi connectivity index (χ2v) is 4.21. The van der Waals surface area contributed by atoms with E-state index in [4.69, 9.17) is 6.42 Å². The maximum Gasteiger partial charge on any atom is 0.121 e. The zero-order valence-electron chi connectivity index (χ0n) is 7.05. The Labute approximate surface area is 85.9 Å². The monoisotopic (exact) mass is 236 g/mol. The van der Waals surface area contributed by atoms with E-state index in [9.17, 15) is 5.11 Å². The van der Waals surface area contributed by atoms with E-state index in [1.807, 2.05) is 6.07 Å². The summed E-state index contributed by atoms with van der Waals surface area (Å²) in [5.41, 5.74) is 0.668. The highest BCUT2D eigenvalue weighted by Gasteiger charge is 2.45. The number of rotatable bonds is 1. The van der Waals surface area contributed by atoms with Crippen molar-refractivity contribution < 1.29 is 5.11 Å². The molecule has 0 atom stereocenters. The molecule has 1 aliphatic rings. The van der Waals surface area contributed by atoms with Gasteiger partial charge in [-0.2, -0.15) is 0 Å². The summed E-state index contributed by atoms with van der Waals surface area (Å²) in [7, 11) is 0. The molecule has 0 amide bonds. The zero-order valence-corrected chi connectivity index (χ0v) is 8.63. The quantitative estimate of drug-likeness (QED) is 0.744. The molecule has 0 aromatic heterocycles. The van der Waals surface area contributed by atoms with Gasteiger partial charge in [0.2, 0.25) is 0 Å². The van der Waals surface area contributed by atoms with Crippen molar-refractivity contribution in [3.63, 3.8) is 0 Å². The van der Waals surface area contributed by atoms with Gasteiger partial charge >= 0.3 is 0 Å². The van der Waals surface area contributed by atoms with Gasteiger partial charge in [-0.15, -0.1) is 6.42 Å². The fourth-order valence-corrected chi connectivity index (χ4v) is 2.31. The Morgan fingerprint density at radius 1 is 1.46 bits per heavy atom. The standard InChI is InChI=1S/C11H9BrO/c1-2-11(6-7-11)10-8(12)4-3-5-9(10)13/h1,3-5,13H,6-7H2. The fraction of sp³-hybridized carbons (Fsp3) is 0.273. The lowest BCUT2D eigenvalue weighted by molar-refractivity contribution is 0.464. The van der Waals surface area contributed by atoms with Crippen molar-refractivity contribution in [3.05, 3.63) is 28.2 Å². The summed E-state index contributed by atoms with van der Waals surface area (Å²) in [6.45, 7) is 0. The van der Waals surface area contributed by atoms with Gasteiger partial charge in [0, 0.05) is 10.0 Å². The topological polar surface area (TPSA) is 20.2 Å². The van der Waals surface area contributed by atoms with Crippen LogP contribution < -0.4 is 0 Å². The van der Waals surface area contributed by atoms with Gasteiger partial charge in [0.25, 0.3) is 0 Å². The molecule has 1 nitrogen and oxygen atoms in total. The molecule has 0 unspecified atom stereocenters. The summed E-state index contributed by atoms with van der Waals surface area (Å²) in [5, 5.41) is 9.67. The molecule has 1 saturated carbocycles. The molecule has 1 aromatic carbocycles. The first-order valence-corrected chi connectivity index (χ1v) is 4.95. The molecule has 0 aliphatic heterocycles. The summed E-state index contributed by atoms with van der Waals surface area (Å²) in [6.07, 6.45) is 7.40. The van der Waals surface area contributed by atoms with Crippen molar-refractivity contribution in [3.8, 4) is 18.1 Å². The molecule has 2 rings (SSSR count). The van der Waals surface area contributed by atoms with E-state index >= 15 is 0 Å². The van der Waals surface area contributed by atoms with E-state index in [2.05, 4.69) is 21.9 Å². The van der Waals surface area contributed by atoms with Crippen LogP contribution in [0.2, 0.25) is 0 Å². The van der Waals surface area contributed by atoms with Crippen LogP contribution in [-0.4, -0.2) is 5.11 Å². The van der Waals surface area contributed by atoms with E-state index in [0.29, 0.717) is 5.75 Å². The summed E-state index contributed by atoms with van der Waals surface area (Å²) in [5.74, 6) is 3.06. The third-order valence-corrected chi connectivity index (χ3v) is 3.16. The van der Waals surface area contributed by atoms with Gasteiger partial charge in [0.1, 0.15) is 5.75 Å². The summed E-state index contributed by atoms with van der Waals surface area (Å²) >= 11 is 3.41. The first-order chi connectivity index (χ1) is 6.19. The average molecular weight is 237 g/mol. The van der Waals surface area contributed by atoms with Crippen LogP contribution in [0, 0.1) is 12.3 Å². The smallest absolute Gasteiger partial charge is 0.121 e. The molecule has 0 spiro atoms. The minimum absolute atomic E-state index is 0.204. The molecular weight excluding hydrogens is 228 g/mol. The van der Waals surface area contributed by atoms with Crippen molar-refractivity contribution in [2.75, 3.05) is 0 Å². The minimum Gasteiger partial charge on any atom is -0.508 e. The molecule has 1 N–H and O–H groups in total. The van der Waals surface area contributed by atoms with Gasteiger partial charge in [-0.1, -0.05) is 27.9 Å². The third-order valence-electron chi connectivity index (χ3n) is 2.50. The van der Waals surface area contributed by atoms with Crippen molar-refractivity contribution >= 4 is 15.9 Å².